The van der Waals surface area contributed by atoms with Gasteiger partial charge in [-0.2, -0.15) is 8.42 Å². The summed E-state index contributed by atoms with van der Waals surface area (Å²) in [7, 11) is -4.59. The molecular formula is C43H51N3O9S. The lowest BCUT2D eigenvalue weighted by Crippen LogP contribution is -2.39. The van der Waals surface area contributed by atoms with Crippen molar-refractivity contribution in [2.75, 3.05) is 19.8 Å². The number of benzene rings is 3. The summed E-state index contributed by atoms with van der Waals surface area (Å²) in [6, 6.07) is 19.8. The first-order valence-electron chi connectivity index (χ1n) is 19.4. The van der Waals surface area contributed by atoms with Crippen LogP contribution in [0.25, 0.3) is 0 Å². The third kappa shape index (κ3) is 8.46. The van der Waals surface area contributed by atoms with Gasteiger partial charge in [-0.05, 0) is 103 Å². The number of hydrogen-bond acceptors (Lipinski definition) is 9. The molecule has 56 heavy (non-hydrogen) atoms. The van der Waals surface area contributed by atoms with E-state index in [0.29, 0.717) is 49.0 Å². The molecule has 0 saturated carbocycles. The van der Waals surface area contributed by atoms with Crippen molar-refractivity contribution >= 4 is 16.1 Å². The Labute approximate surface area is 328 Å². The van der Waals surface area contributed by atoms with Crippen LogP contribution < -0.4 is 16.2 Å². The minimum atomic E-state index is -4.59. The van der Waals surface area contributed by atoms with Gasteiger partial charge in [0.05, 0.1) is 11.4 Å². The summed E-state index contributed by atoms with van der Waals surface area (Å²) in [5.41, 5.74) is 15.2. The van der Waals surface area contributed by atoms with Crippen LogP contribution in [0, 0.1) is 35.5 Å². The highest BCUT2D eigenvalue weighted by Crippen LogP contribution is 2.53. The standard InChI is InChI=1S/C43H51N3O9S/c44-42(45)46-43(23-28(25-49)16-17-47)33-9-7-29(8-10-33)40-31-19-32(22-38(40)39(56(51,52)53)15-6-26-4-12-35(55-43)13-5-26)41-37-14-11-34(50)20-30(37)3-1-2-27(24-48)18-36(21-31)54-41/h4-5,7-14,20,22,27-28,31,36,38-41,47-50H,2,6,15-19,21,23-25H2,(H4,44,45,46)(H,51,52,53). The molecule has 3 aromatic carbocycles. The molecule has 9 unspecified atom stereocenters. The van der Waals surface area contributed by atoms with Crippen molar-refractivity contribution in [2.45, 2.75) is 80.5 Å². The number of phenols is 1. The van der Waals surface area contributed by atoms with Gasteiger partial charge in [-0.3, -0.25) is 4.55 Å². The molecule has 12 nitrogen and oxygen atoms in total. The molecular weight excluding hydrogens is 735 g/mol. The zero-order valence-corrected chi connectivity index (χ0v) is 32.0. The van der Waals surface area contributed by atoms with Crippen molar-refractivity contribution in [1.82, 2.24) is 0 Å². The van der Waals surface area contributed by atoms with Gasteiger partial charge in [0.25, 0.3) is 10.1 Å². The Morgan fingerprint density at radius 2 is 1.79 bits per heavy atom. The summed E-state index contributed by atoms with van der Waals surface area (Å²) in [5, 5.41) is 39.8. The van der Waals surface area contributed by atoms with Gasteiger partial charge in [0.15, 0.2) is 5.96 Å². The SMILES string of the molecule is NC(N)=NC1(CC(CO)CCO)Oc2ccc(cc2)CCC(S(=O)(=O)O)C2C=C3CC(CC4CC(CO)CC#Cc5cc(O)ccc5C3O4)C2c2ccc1cc2. The van der Waals surface area contributed by atoms with Crippen LogP contribution in [0.4, 0.5) is 0 Å². The fourth-order valence-electron chi connectivity index (χ4n) is 9.41. The minimum Gasteiger partial charge on any atom is -0.508 e. The van der Waals surface area contributed by atoms with Gasteiger partial charge in [0, 0.05) is 55.3 Å². The highest BCUT2D eigenvalue weighted by Gasteiger charge is 2.47. The van der Waals surface area contributed by atoms with Crippen LogP contribution >= 0.6 is 0 Å². The number of hydrogen-bond donors (Lipinski definition) is 7. The molecule has 0 amide bonds. The van der Waals surface area contributed by atoms with E-state index in [1.54, 1.807) is 24.3 Å². The quantitative estimate of drug-likeness (QED) is 0.0558. The van der Waals surface area contributed by atoms with E-state index in [-0.39, 0.29) is 74.6 Å². The molecule has 298 valence electrons. The van der Waals surface area contributed by atoms with Crippen LogP contribution in [0.1, 0.15) is 84.8 Å². The molecule has 6 aliphatic heterocycles. The number of aliphatic hydroxyl groups is 3. The molecule has 0 radical (unpaired) electrons. The molecule has 7 aliphatic rings. The van der Waals surface area contributed by atoms with E-state index in [9.17, 15) is 33.4 Å². The van der Waals surface area contributed by atoms with Gasteiger partial charge in [0.1, 0.15) is 17.6 Å². The maximum Gasteiger partial charge on any atom is 0.268 e. The van der Waals surface area contributed by atoms with E-state index in [4.69, 9.17) is 20.9 Å². The lowest BCUT2D eigenvalue weighted by molar-refractivity contribution is -0.0131. The first-order chi connectivity index (χ1) is 26.9. The third-order valence-electron chi connectivity index (χ3n) is 12.0. The van der Waals surface area contributed by atoms with Gasteiger partial charge in [0.2, 0.25) is 5.72 Å². The summed E-state index contributed by atoms with van der Waals surface area (Å²) < 4.78 is 51.9. The molecule has 1 fully saturated rings. The number of phenolic OH excluding ortho intramolecular Hbond substituents is 1. The molecule has 0 aromatic heterocycles. The number of fused-ring (bicyclic) bond motifs is 7. The number of aliphatic imine (C=N–C) groups is 1. The second kappa shape index (κ2) is 16.6. The summed E-state index contributed by atoms with van der Waals surface area (Å²) in [6.07, 6.45) is 4.16. The maximum atomic E-state index is 13.6. The minimum absolute atomic E-state index is 0.0637. The number of aryl methyl sites for hydroxylation is 1. The number of nitrogens with two attached hydrogens (primary N) is 2. The molecule has 13 heteroatoms. The topological polar surface area (TPSA) is 218 Å². The zero-order valence-electron chi connectivity index (χ0n) is 31.2. The Morgan fingerprint density at radius 3 is 2.46 bits per heavy atom. The Kier molecular flexibility index (Phi) is 11.8. The highest BCUT2D eigenvalue weighted by atomic mass is 32.2. The number of rotatable bonds is 8. The third-order valence-corrected chi connectivity index (χ3v) is 13.3. The molecule has 1 aliphatic carbocycles. The number of nitrogens with zero attached hydrogens (tertiary/aromatic N) is 1. The Bertz CT molecular complexity index is 2110. The first-order valence-corrected chi connectivity index (χ1v) is 20.9. The Balaban J connectivity index is 1.42. The van der Waals surface area contributed by atoms with Gasteiger partial charge in [-0.25, -0.2) is 4.99 Å². The number of aromatic hydroxyl groups is 1. The van der Waals surface area contributed by atoms with E-state index >= 15 is 0 Å². The molecule has 8 bridgehead atoms. The van der Waals surface area contributed by atoms with E-state index in [1.165, 1.54) is 0 Å². The van der Waals surface area contributed by atoms with Crippen molar-refractivity contribution in [2.24, 2.45) is 40.1 Å². The van der Waals surface area contributed by atoms with Crippen molar-refractivity contribution in [3.05, 3.63) is 106 Å². The predicted octanol–water partition coefficient (Wildman–Crippen LogP) is 4.41. The summed E-state index contributed by atoms with van der Waals surface area (Å²) in [5.74, 6) is 4.96. The van der Waals surface area contributed by atoms with E-state index in [0.717, 1.165) is 22.3 Å². The predicted molar refractivity (Wildman–Crippen MR) is 211 cm³/mol. The Morgan fingerprint density at radius 1 is 1.02 bits per heavy atom. The van der Waals surface area contributed by atoms with Gasteiger partial charge in [-0.1, -0.05) is 60.4 Å². The lowest BCUT2D eigenvalue weighted by atomic mass is 9.65. The molecule has 1 saturated heterocycles. The number of allylic oxidation sites excluding steroid dienone is 1. The zero-order chi connectivity index (χ0) is 39.6. The van der Waals surface area contributed by atoms with E-state index < -0.39 is 39.0 Å². The van der Waals surface area contributed by atoms with Crippen LogP contribution in [0.2, 0.25) is 0 Å². The summed E-state index contributed by atoms with van der Waals surface area (Å²) in [4.78, 5) is 4.64. The van der Waals surface area contributed by atoms with E-state index in [2.05, 4.69) is 16.8 Å². The largest absolute Gasteiger partial charge is 0.508 e. The highest BCUT2D eigenvalue weighted by molar-refractivity contribution is 7.86. The Hall–Kier alpha value is -4.42. The average Bonchev–Trinajstić information content (AvgIpc) is 3.29. The second-order valence-electron chi connectivity index (χ2n) is 15.8. The van der Waals surface area contributed by atoms with Crippen LogP contribution in [0.15, 0.2) is 83.4 Å². The van der Waals surface area contributed by atoms with Crippen molar-refractivity contribution in [3.63, 3.8) is 0 Å². The van der Waals surface area contributed by atoms with Crippen LogP contribution in [-0.2, 0) is 27.0 Å². The maximum absolute atomic E-state index is 13.6. The lowest BCUT2D eigenvalue weighted by Gasteiger charge is -2.40. The van der Waals surface area contributed by atoms with Crippen LogP contribution in [-0.4, -0.2) is 70.5 Å². The first kappa shape index (κ1) is 39.8. The van der Waals surface area contributed by atoms with Crippen LogP contribution in [0.3, 0.4) is 0 Å². The molecule has 0 spiro atoms. The normalized spacial score (nSPS) is 29.0. The van der Waals surface area contributed by atoms with E-state index in [1.807, 2.05) is 48.5 Å². The van der Waals surface area contributed by atoms with Crippen LogP contribution in [0.5, 0.6) is 11.5 Å². The van der Waals surface area contributed by atoms with Gasteiger partial charge in [-0.15, -0.1) is 0 Å². The smallest absolute Gasteiger partial charge is 0.268 e. The van der Waals surface area contributed by atoms with Crippen molar-refractivity contribution in [3.8, 4) is 23.3 Å². The number of guanidine groups is 1. The molecule has 3 aromatic rings. The number of aliphatic hydroxyl groups excluding tert-OH is 3. The van der Waals surface area contributed by atoms with Crippen molar-refractivity contribution < 1.29 is 42.9 Å². The second-order valence-corrected chi connectivity index (χ2v) is 17.4. The summed E-state index contributed by atoms with van der Waals surface area (Å²) >= 11 is 0. The molecule has 9 N–H and O–H groups in total. The summed E-state index contributed by atoms with van der Waals surface area (Å²) in [6.45, 7) is -0.468. The molecule has 9 atom stereocenters. The number of ether oxygens (including phenoxy) is 2. The fraction of sp³-hybridized carbons (Fsp3) is 0.465. The average molecular weight is 786 g/mol. The molecule has 10 rings (SSSR count). The molecule has 6 heterocycles. The fourth-order valence-corrected chi connectivity index (χ4v) is 10.5. The van der Waals surface area contributed by atoms with Gasteiger partial charge >= 0.3 is 0 Å². The monoisotopic (exact) mass is 785 g/mol. The van der Waals surface area contributed by atoms with Gasteiger partial charge < -0.3 is 41.4 Å². The van der Waals surface area contributed by atoms with Crippen molar-refractivity contribution in [1.29, 1.82) is 0 Å².